The van der Waals surface area contributed by atoms with E-state index in [1.165, 1.54) is 54.3 Å². The summed E-state index contributed by atoms with van der Waals surface area (Å²) < 4.78 is 1.51. The van der Waals surface area contributed by atoms with Gasteiger partial charge in [0.1, 0.15) is 0 Å². The zero-order valence-corrected chi connectivity index (χ0v) is 27.3. The molecule has 0 aromatic heterocycles. The fourth-order valence-corrected chi connectivity index (χ4v) is 4.57. The molecule has 0 spiro atoms. The quantitative estimate of drug-likeness (QED) is 0.280. The van der Waals surface area contributed by atoms with Crippen LogP contribution in [0.25, 0.3) is 21.5 Å². The summed E-state index contributed by atoms with van der Waals surface area (Å²) >= 11 is 1.55. The molecule has 192 valence electrons. The Morgan fingerprint density at radius 2 is 1.28 bits per heavy atom. The minimum atomic E-state index is 0.194. The van der Waals surface area contributed by atoms with Crippen molar-refractivity contribution in [1.29, 1.82) is 0 Å². The van der Waals surface area contributed by atoms with Gasteiger partial charge in [-0.25, -0.2) is 6.08 Å². The van der Waals surface area contributed by atoms with Crippen molar-refractivity contribution in [3.05, 3.63) is 77.4 Å². The van der Waals surface area contributed by atoms with E-state index in [1.807, 2.05) is 0 Å². The maximum absolute atomic E-state index is 3.22. The van der Waals surface area contributed by atoms with Gasteiger partial charge in [0.2, 0.25) is 0 Å². The summed E-state index contributed by atoms with van der Waals surface area (Å²) in [6, 6.07) is 16.1. The Balaban J connectivity index is 0.000000255. The molecule has 0 saturated heterocycles. The van der Waals surface area contributed by atoms with E-state index in [4.69, 9.17) is 0 Å². The number of benzene rings is 2. The Kier molecular flexibility index (Phi) is 10.6. The van der Waals surface area contributed by atoms with Gasteiger partial charge in [-0.3, -0.25) is 6.08 Å². The Morgan fingerprint density at radius 3 is 1.61 bits per heavy atom. The van der Waals surface area contributed by atoms with Crippen molar-refractivity contribution in [1.82, 2.24) is 0 Å². The van der Waals surface area contributed by atoms with Crippen LogP contribution in [0.5, 0.6) is 0 Å². The van der Waals surface area contributed by atoms with Gasteiger partial charge in [-0.1, -0.05) is 116 Å². The van der Waals surface area contributed by atoms with Gasteiger partial charge < -0.3 is 0 Å². The van der Waals surface area contributed by atoms with Gasteiger partial charge in [0.25, 0.3) is 0 Å². The van der Waals surface area contributed by atoms with Crippen molar-refractivity contribution in [2.75, 3.05) is 0 Å². The molecule has 0 radical (unpaired) electrons. The van der Waals surface area contributed by atoms with Crippen LogP contribution in [0.3, 0.4) is 0 Å². The summed E-state index contributed by atoms with van der Waals surface area (Å²) in [5.74, 6) is 0. The number of rotatable bonds is 3. The molecule has 0 bridgehead atoms. The molecule has 0 atom stereocenters. The standard InChI is InChI=1S/C21H25.C11H17.C3H6.Zr/c1-20(2,3)16-9-7-14-11-15-8-10-17(21(4,5)6)13-19(15)18(14)12-16;1-4-9-11(2,3)10-7-5-6-8-10;1-3-2;/h7-13H,1-6H3;7-8H,4-5,9H2,1-3H3;1-2H3;/q2*-1;;+2. The summed E-state index contributed by atoms with van der Waals surface area (Å²) in [6.07, 6.45) is 11.2. The average Bonchev–Trinajstić information content (AvgIpc) is 3.40. The second-order valence-corrected chi connectivity index (χ2v) is 15.6. The summed E-state index contributed by atoms with van der Waals surface area (Å²) in [7, 11) is 0. The Bertz CT molecular complexity index is 1160. The van der Waals surface area contributed by atoms with Crippen LogP contribution in [0.1, 0.15) is 107 Å². The Hall–Kier alpha value is -1.46. The third-order valence-electron chi connectivity index (χ3n) is 6.79. The van der Waals surface area contributed by atoms with Gasteiger partial charge >= 0.3 is 41.3 Å². The number of hydrogen-bond acceptors (Lipinski definition) is 0. The molecule has 0 aliphatic heterocycles. The van der Waals surface area contributed by atoms with E-state index in [1.54, 1.807) is 24.2 Å². The number of hydrogen-bond donors (Lipinski definition) is 0. The molecule has 0 nitrogen and oxygen atoms in total. The van der Waals surface area contributed by atoms with Crippen molar-refractivity contribution in [2.45, 2.75) is 106 Å². The Morgan fingerprint density at radius 1 is 0.833 bits per heavy atom. The zero-order valence-electron chi connectivity index (χ0n) is 24.8. The molecule has 1 aliphatic rings. The van der Waals surface area contributed by atoms with E-state index in [-0.39, 0.29) is 10.8 Å². The van der Waals surface area contributed by atoms with E-state index in [2.05, 4.69) is 137 Å². The maximum atomic E-state index is 3.22. The molecule has 0 fully saturated rings. The van der Waals surface area contributed by atoms with Crippen LogP contribution >= 0.6 is 0 Å². The second kappa shape index (κ2) is 12.4. The molecule has 0 saturated carbocycles. The summed E-state index contributed by atoms with van der Waals surface area (Å²) in [5.41, 5.74) is 5.04. The van der Waals surface area contributed by atoms with Crippen molar-refractivity contribution in [3.63, 3.8) is 0 Å². The fraction of sp³-hybridized carbons (Fsp3) is 0.486. The van der Waals surface area contributed by atoms with Gasteiger partial charge in [-0.05, 0) is 10.8 Å². The SMILES string of the molecule is CC(C)(C)c1ccc2[cH-]c3ccc(C(C)(C)C)cc3c2c1.CCCC(C)(C)C1=CC[C-]=C1.C[C](C)=[Zr+2]. The number of allylic oxidation sites excluding steroid dienone is 4. The first-order valence-corrected chi connectivity index (χ1v) is 14.7. The molecular weight excluding hydrogens is 512 g/mol. The monoisotopic (exact) mass is 558 g/mol. The molecule has 0 unspecified atom stereocenters. The van der Waals surface area contributed by atoms with Gasteiger partial charge in [-0.15, -0.1) is 46.2 Å². The van der Waals surface area contributed by atoms with Crippen LogP contribution in [-0.4, -0.2) is 3.21 Å². The molecule has 3 aromatic carbocycles. The van der Waals surface area contributed by atoms with Crippen LogP contribution in [0.4, 0.5) is 0 Å². The van der Waals surface area contributed by atoms with Gasteiger partial charge in [0.05, 0.1) is 0 Å². The summed E-state index contributed by atoms with van der Waals surface area (Å²) in [4.78, 5) is 0. The summed E-state index contributed by atoms with van der Waals surface area (Å²) in [6.45, 7) is 24.8. The molecule has 3 aromatic rings. The van der Waals surface area contributed by atoms with Crippen LogP contribution in [0, 0.1) is 11.5 Å². The zero-order chi connectivity index (χ0) is 27.3. The third-order valence-corrected chi connectivity index (χ3v) is 6.79. The van der Waals surface area contributed by atoms with Gasteiger partial charge in [0.15, 0.2) is 0 Å². The molecule has 0 amide bonds. The van der Waals surface area contributed by atoms with E-state index in [9.17, 15) is 0 Å². The van der Waals surface area contributed by atoms with E-state index in [0.29, 0.717) is 5.41 Å². The molecule has 1 heteroatoms. The first kappa shape index (κ1) is 30.8. The molecule has 36 heavy (non-hydrogen) atoms. The third kappa shape index (κ3) is 8.55. The van der Waals surface area contributed by atoms with E-state index >= 15 is 0 Å². The van der Waals surface area contributed by atoms with Gasteiger partial charge in [0, 0.05) is 0 Å². The topological polar surface area (TPSA) is 0 Å². The molecular formula is C35H48Zr. The van der Waals surface area contributed by atoms with Crippen molar-refractivity contribution in [3.8, 4) is 0 Å². The average molecular weight is 560 g/mol. The van der Waals surface area contributed by atoms with Crippen LogP contribution < -0.4 is 0 Å². The minimum absolute atomic E-state index is 0.194. The van der Waals surface area contributed by atoms with Gasteiger partial charge in [-0.2, -0.15) is 11.6 Å². The van der Waals surface area contributed by atoms with Crippen LogP contribution in [0.2, 0.25) is 0 Å². The molecule has 1 aliphatic carbocycles. The molecule has 4 rings (SSSR count). The predicted molar refractivity (Wildman–Crippen MR) is 160 cm³/mol. The Labute approximate surface area is 237 Å². The van der Waals surface area contributed by atoms with E-state index in [0.717, 1.165) is 6.42 Å². The molecule has 0 N–H and O–H groups in total. The van der Waals surface area contributed by atoms with Crippen LogP contribution in [-0.2, 0) is 35.1 Å². The predicted octanol–water partition coefficient (Wildman–Crippen LogP) is 10.6. The molecule has 0 heterocycles. The van der Waals surface area contributed by atoms with Crippen molar-refractivity contribution < 1.29 is 24.2 Å². The van der Waals surface area contributed by atoms with Crippen LogP contribution in [0.15, 0.2) is 60.2 Å². The number of fused-ring (bicyclic) bond motifs is 3. The first-order valence-electron chi connectivity index (χ1n) is 13.5. The second-order valence-electron chi connectivity index (χ2n) is 13.1. The fourth-order valence-electron chi connectivity index (χ4n) is 4.57. The van der Waals surface area contributed by atoms with Crippen molar-refractivity contribution in [2.24, 2.45) is 5.41 Å². The van der Waals surface area contributed by atoms with Crippen molar-refractivity contribution >= 4 is 24.8 Å². The summed E-state index contributed by atoms with van der Waals surface area (Å²) in [5, 5.41) is 5.49. The van der Waals surface area contributed by atoms with E-state index < -0.39 is 0 Å². The first-order chi connectivity index (χ1) is 16.6. The normalized spacial score (nSPS) is 13.8.